The molecule has 0 fully saturated rings. The number of anilines is 1. The largest absolute Gasteiger partial charge is 0.370 e. The number of benzene rings is 1. The number of aromatic nitrogens is 3. The molecule has 0 N–H and O–H groups in total. The van der Waals surface area contributed by atoms with Crippen LogP contribution in [0.1, 0.15) is 59.1 Å². The number of para-hydroxylation sites is 1. The lowest BCUT2D eigenvalue weighted by atomic mass is 9.90. The third-order valence-electron chi connectivity index (χ3n) is 4.31. The molecule has 146 valence electrons. The Morgan fingerprint density at radius 1 is 0.926 bits per heavy atom. The first-order valence-corrected chi connectivity index (χ1v) is 10.2. The van der Waals surface area contributed by atoms with E-state index in [-0.39, 0.29) is 0 Å². The fraction of sp³-hybridized carbons (Fsp3) is 0.478. The molecule has 0 saturated heterocycles. The van der Waals surface area contributed by atoms with E-state index in [2.05, 4.69) is 86.4 Å². The molecule has 2 aromatic rings. The third-order valence-corrected chi connectivity index (χ3v) is 4.31. The van der Waals surface area contributed by atoms with Gasteiger partial charge in [-0.1, -0.05) is 76.1 Å². The van der Waals surface area contributed by atoms with Crippen LogP contribution in [0.15, 0.2) is 42.0 Å². The smallest absolute Gasteiger partial charge is 0.121 e. The summed E-state index contributed by atoms with van der Waals surface area (Å²) in [6.07, 6.45) is 9.35. The maximum Gasteiger partial charge on any atom is 0.121 e. The van der Waals surface area contributed by atoms with Gasteiger partial charge in [0, 0.05) is 37.5 Å². The second-order valence-electron chi connectivity index (χ2n) is 7.12. The molecule has 27 heavy (non-hydrogen) atoms. The van der Waals surface area contributed by atoms with Crippen LogP contribution < -0.4 is 4.90 Å². The van der Waals surface area contributed by atoms with Crippen LogP contribution in [0.5, 0.6) is 0 Å². The number of aryl methyl sites for hydroxylation is 1. The molecule has 0 atom stereocenters. The molecule has 4 nitrogen and oxygen atoms in total. The van der Waals surface area contributed by atoms with Crippen LogP contribution in [0, 0.1) is 0 Å². The number of fused-ring (bicyclic) bond motifs is 5. The number of hydrogen-bond acceptors (Lipinski definition) is 3. The predicted octanol–water partition coefficient (Wildman–Crippen LogP) is 5.87. The standard InChI is InChI=1S/C17H18N4.2C3H8/c1-20-11-12-7-3-4-8-13(12)16-17(21(2)19-18-16)14-9-5-6-10-15(14)20;2*1-3-2/h5-10H,3-4,11H2,1-2H3;2*3H2,1-2H3. The molecule has 4 heteroatoms. The highest BCUT2D eigenvalue weighted by molar-refractivity contribution is 5.91. The molecule has 1 aliphatic heterocycles. The van der Waals surface area contributed by atoms with Gasteiger partial charge in [-0.25, -0.2) is 4.68 Å². The summed E-state index contributed by atoms with van der Waals surface area (Å²) in [6.45, 7) is 9.42. The summed E-state index contributed by atoms with van der Waals surface area (Å²) in [5.74, 6) is 0. The minimum Gasteiger partial charge on any atom is -0.370 e. The highest BCUT2D eigenvalue weighted by Gasteiger charge is 2.26. The highest BCUT2D eigenvalue weighted by Crippen LogP contribution is 2.40. The summed E-state index contributed by atoms with van der Waals surface area (Å²) < 4.78 is 1.89. The van der Waals surface area contributed by atoms with Gasteiger partial charge in [0.05, 0.1) is 5.69 Å². The Labute approximate surface area is 164 Å². The SMILES string of the molecule is CCC.CCC.CN1CC2=CCCC=C2c2nnn(C)c2-c2ccccc21. The van der Waals surface area contributed by atoms with Crippen molar-refractivity contribution < 1.29 is 0 Å². The monoisotopic (exact) mass is 366 g/mol. The zero-order chi connectivity index (χ0) is 19.8. The number of hydrogen-bond donors (Lipinski definition) is 0. The van der Waals surface area contributed by atoms with Gasteiger partial charge < -0.3 is 4.90 Å². The van der Waals surface area contributed by atoms with Gasteiger partial charge in [0.25, 0.3) is 0 Å². The van der Waals surface area contributed by atoms with Crippen molar-refractivity contribution in [1.29, 1.82) is 0 Å². The van der Waals surface area contributed by atoms with Gasteiger partial charge in [-0.3, -0.25) is 0 Å². The van der Waals surface area contributed by atoms with Crippen LogP contribution in [0.4, 0.5) is 5.69 Å². The lowest BCUT2D eigenvalue weighted by molar-refractivity contribution is 0.720. The summed E-state index contributed by atoms with van der Waals surface area (Å²) in [6, 6.07) is 8.50. The Kier molecular flexibility index (Phi) is 7.83. The zero-order valence-corrected chi connectivity index (χ0v) is 17.8. The fourth-order valence-corrected chi connectivity index (χ4v) is 3.31. The van der Waals surface area contributed by atoms with Crippen LogP contribution >= 0.6 is 0 Å². The lowest BCUT2D eigenvalue weighted by Gasteiger charge is -2.28. The molecule has 0 amide bonds. The molecule has 4 rings (SSSR count). The van der Waals surface area contributed by atoms with Crippen LogP contribution in [0.3, 0.4) is 0 Å². The van der Waals surface area contributed by atoms with Gasteiger partial charge in [-0.15, -0.1) is 5.10 Å². The van der Waals surface area contributed by atoms with Crippen LogP contribution in [0.2, 0.25) is 0 Å². The molecule has 0 bridgehead atoms. The zero-order valence-electron chi connectivity index (χ0n) is 17.8. The average molecular weight is 367 g/mol. The molecular formula is C23H34N4. The van der Waals surface area contributed by atoms with Crippen molar-refractivity contribution in [3.63, 3.8) is 0 Å². The molecule has 0 saturated carbocycles. The van der Waals surface area contributed by atoms with E-state index in [0.29, 0.717) is 0 Å². The van der Waals surface area contributed by atoms with Crippen molar-refractivity contribution in [2.45, 2.75) is 53.4 Å². The van der Waals surface area contributed by atoms with Gasteiger partial charge in [-0.05, 0) is 24.5 Å². The summed E-state index contributed by atoms with van der Waals surface area (Å²) in [7, 11) is 4.12. The van der Waals surface area contributed by atoms with Crippen molar-refractivity contribution in [1.82, 2.24) is 15.0 Å². The molecule has 1 aromatic carbocycles. The minimum atomic E-state index is 0.916. The number of allylic oxidation sites excluding steroid dienone is 2. The van der Waals surface area contributed by atoms with E-state index in [9.17, 15) is 0 Å². The van der Waals surface area contributed by atoms with Crippen LogP contribution in [-0.4, -0.2) is 28.6 Å². The average Bonchev–Trinajstić information content (AvgIpc) is 3.03. The second-order valence-corrected chi connectivity index (χ2v) is 7.12. The second kappa shape index (κ2) is 10.1. The first kappa shape index (κ1) is 20.9. The molecule has 1 aromatic heterocycles. The molecule has 2 aliphatic rings. The van der Waals surface area contributed by atoms with E-state index in [4.69, 9.17) is 0 Å². The Morgan fingerprint density at radius 3 is 2.26 bits per heavy atom. The Balaban J connectivity index is 0.000000389. The van der Waals surface area contributed by atoms with E-state index < -0.39 is 0 Å². The van der Waals surface area contributed by atoms with Crippen molar-refractivity contribution in [2.24, 2.45) is 7.05 Å². The third kappa shape index (κ3) is 4.68. The summed E-state index contributed by atoms with van der Waals surface area (Å²) in [5, 5.41) is 8.73. The van der Waals surface area contributed by atoms with Crippen molar-refractivity contribution in [2.75, 3.05) is 18.5 Å². The van der Waals surface area contributed by atoms with E-state index in [1.807, 2.05) is 11.7 Å². The Morgan fingerprint density at radius 2 is 1.56 bits per heavy atom. The van der Waals surface area contributed by atoms with Crippen LogP contribution in [-0.2, 0) is 7.05 Å². The quantitative estimate of drug-likeness (QED) is 0.585. The van der Waals surface area contributed by atoms with Gasteiger partial charge in [0.2, 0.25) is 0 Å². The van der Waals surface area contributed by atoms with Gasteiger partial charge >= 0.3 is 0 Å². The molecule has 2 heterocycles. The van der Waals surface area contributed by atoms with E-state index in [1.165, 1.54) is 35.2 Å². The Hall–Kier alpha value is -2.36. The van der Waals surface area contributed by atoms with Gasteiger partial charge in [-0.2, -0.15) is 0 Å². The molecular weight excluding hydrogens is 332 g/mol. The lowest BCUT2D eigenvalue weighted by Crippen LogP contribution is -2.24. The molecule has 0 radical (unpaired) electrons. The van der Waals surface area contributed by atoms with E-state index in [0.717, 1.165) is 30.8 Å². The number of rotatable bonds is 0. The molecule has 1 aliphatic carbocycles. The Bertz CT molecular complexity index is 796. The minimum absolute atomic E-state index is 0.916. The van der Waals surface area contributed by atoms with Gasteiger partial charge in [0.1, 0.15) is 5.69 Å². The van der Waals surface area contributed by atoms with E-state index in [1.54, 1.807) is 0 Å². The van der Waals surface area contributed by atoms with Crippen molar-refractivity contribution >= 4 is 11.3 Å². The normalized spacial score (nSPS) is 14.5. The summed E-state index contributed by atoms with van der Waals surface area (Å²) >= 11 is 0. The van der Waals surface area contributed by atoms with E-state index >= 15 is 0 Å². The number of nitrogens with zero attached hydrogens (tertiary/aromatic N) is 4. The molecule has 0 unspecified atom stereocenters. The maximum absolute atomic E-state index is 4.45. The van der Waals surface area contributed by atoms with Crippen molar-refractivity contribution in [3.05, 3.63) is 47.7 Å². The molecule has 0 spiro atoms. The first-order valence-electron chi connectivity index (χ1n) is 10.2. The fourth-order valence-electron chi connectivity index (χ4n) is 3.31. The summed E-state index contributed by atoms with van der Waals surface area (Å²) in [5.41, 5.74) is 7.17. The predicted molar refractivity (Wildman–Crippen MR) is 117 cm³/mol. The van der Waals surface area contributed by atoms with Gasteiger partial charge in [0.15, 0.2) is 0 Å². The highest BCUT2D eigenvalue weighted by atomic mass is 15.4. The maximum atomic E-state index is 4.45. The van der Waals surface area contributed by atoms with Crippen molar-refractivity contribution in [3.8, 4) is 11.3 Å². The first-order chi connectivity index (χ1) is 13.1. The topological polar surface area (TPSA) is 34.0 Å². The summed E-state index contributed by atoms with van der Waals surface area (Å²) in [4.78, 5) is 2.32. The number of likely N-dealkylation sites (N-methyl/N-ethyl adjacent to an activating group) is 1. The van der Waals surface area contributed by atoms with Crippen LogP contribution in [0.25, 0.3) is 16.8 Å².